The van der Waals surface area contributed by atoms with Crippen molar-refractivity contribution in [1.82, 2.24) is 10.2 Å². The van der Waals surface area contributed by atoms with Crippen molar-refractivity contribution in [1.29, 1.82) is 0 Å². The van der Waals surface area contributed by atoms with Crippen molar-refractivity contribution in [3.05, 3.63) is 0 Å². The number of amides is 1. The van der Waals surface area contributed by atoms with E-state index < -0.39 is 0 Å². The van der Waals surface area contributed by atoms with Crippen molar-refractivity contribution in [2.45, 2.75) is 84.2 Å². The van der Waals surface area contributed by atoms with Gasteiger partial charge in [0.15, 0.2) is 0 Å². The second-order valence-electron chi connectivity index (χ2n) is 6.93. The van der Waals surface area contributed by atoms with Crippen LogP contribution in [0.5, 0.6) is 0 Å². The summed E-state index contributed by atoms with van der Waals surface area (Å²) in [5.74, 6) is 1.07. The minimum Gasteiger partial charge on any atom is -0.393 e. The minimum atomic E-state index is -0.167. The fourth-order valence-electron chi connectivity index (χ4n) is 3.53. The number of nitrogens with zero attached hydrogens (tertiary/aromatic N) is 1. The van der Waals surface area contributed by atoms with Crippen LogP contribution in [-0.2, 0) is 4.79 Å². The molecule has 1 saturated heterocycles. The first-order chi connectivity index (χ1) is 9.45. The lowest BCUT2D eigenvalue weighted by atomic mass is 9.90. The van der Waals surface area contributed by atoms with E-state index >= 15 is 0 Å². The quantitative estimate of drug-likeness (QED) is 0.830. The van der Waals surface area contributed by atoms with Gasteiger partial charge in [0.05, 0.1) is 18.3 Å². The van der Waals surface area contributed by atoms with Crippen LogP contribution < -0.4 is 5.32 Å². The van der Waals surface area contributed by atoms with E-state index in [1.165, 1.54) is 0 Å². The Hall–Kier alpha value is -0.610. The molecule has 2 N–H and O–H groups in total. The summed E-state index contributed by atoms with van der Waals surface area (Å²) in [5, 5.41) is 13.2. The van der Waals surface area contributed by atoms with Crippen LogP contribution >= 0.6 is 0 Å². The van der Waals surface area contributed by atoms with Crippen LogP contribution in [0.2, 0.25) is 0 Å². The first kappa shape index (κ1) is 15.8. The van der Waals surface area contributed by atoms with Crippen LogP contribution in [0, 0.1) is 11.8 Å². The summed E-state index contributed by atoms with van der Waals surface area (Å²) in [5.41, 5.74) is 0. The van der Waals surface area contributed by atoms with Gasteiger partial charge in [-0.2, -0.15) is 0 Å². The lowest BCUT2D eigenvalue weighted by Gasteiger charge is -2.38. The van der Waals surface area contributed by atoms with E-state index in [1.54, 1.807) is 0 Å². The number of aliphatic hydroxyl groups excluding tert-OH is 1. The molecule has 0 aromatic heterocycles. The molecule has 3 atom stereocenters. The highest BCUT2D eigenvalue weighted by Crippen LogP contribution is 2.31. The van der Waals surface area contributed by atoms with Gasteiger partial charge in [0.2, 0.25) is 5.91 Å². The number of carbonyl (C=O) groups is 1. The number of carbonyl (C=O) groups excluding carboxylic acids is 1. The van der Waals surface area contributed by atoms with Crippen LogP contribution in [-0.4, -0.2) is 40.3 Å². The highest BCUT2D eigenvalue weighted by molar-refractivity contribution is 5.85. The average Bonchev–Trinajstić information content (AvgIpc) is 2.77. The Morgan fingerprint density at radius 3 is 2.35 bits per heavy atom. The molecule has 1 saturated carbocycles. The summed E-state index contributed by atoms with van der Waals surface area (Å²) < 4.78 is 0. The summed E-state index contributed by atoms with van der Waals surface area (Å²) in [7, 11) is 0. The van der Waals surface area contributed by atoms with Gasteiger partial charge in [-0.25, -0.2) is 0 Å². The zero-order chi connectivity index (χ0) is 14.9. The summed E-state index contributed by atoms with van der Waals surface area (Å²) in [6.07, 6.45) is 4.53. The average molecular weight is 282 g/mol. The van der Waals surface area contributed by atoms with Crippen LogP contribution in [0.1, 0.15) is 59.8 Å². The predicted molar refractivity (Wildman–Crippen MR) is 80.1 cm³/mol. The number of rotatable bonds is 4. The molecule has 20 heavy (non-hydrogen) atoms. The summed E-state index contributed by atoms with van der Waals surface area (Å²) in [6.45, 7) is 8.65. The summed E-state index contributed by atoms with van der Waals surface area (Å²) >= 11 is 0. The van der Waals surface area contributed by atoms with E-state index in [4.69, 9.17) is 0 Å². The molecule has 0 aromatic rings. The zero-order valence-electron chi connectivity index (χ0n) is 13.3. The van der Waals surface area contributed by atoms with Gasteiger partial charge in [0, 0.05) is 6.04 Å². The number of hydrogen-bond acceptors (Lipinski definition) is 3. The maximum Gasteiger partial charge on any atom is 0.241 e. The molecule has 2 aliphatic rings. The Morgan fingerprint density at radius 1 is 1.25 bits per heavy atom. The molecular formula is C16H30N2O2. The molecular weight excluding hydrogens is 252 g/mol. The lowest BCUT2D eigenvalue weighted by Crippen LogP contribution is -2.48. The van der Waals surface area contributed by atoms with Crippen LogP contribution in [0.3, 0.4) is 0 Å². The smallest absolute Gasteiger partial charge is 0.241 e. The molecule has 1 aliphatic carbocycles. The molecule has 4 nitrogen and oxygen atoms in total. The normalized spacial score (nSPS) is 36.7. The van der Waals surface area contributed by atoms with Gasteiger partial charge < -0.3 is 10.0 Å². The third-order valence-electron chi connectivity index (χ3n) is 5.07. The largest absolute Gasteiger partial charge is 0.393 e. The molecule has 0 bridgehead atoms. The fraction of sp³-hybridized carbons (Fsp3) is 0.938. The van der Waals surface area contributed by atoms with Crippen molar-refractivity contribution in [2.24, 2.45) is 11.8 Å². The van der Waals surface area contributed by atoms with Crippen molar-refractivity contribution in [2.75, 3.05) is 0 Å². The van der Waals surface area contributed by atoms with Gasteiger partial charge in [0.1, 0.15) is 0 Å². The van der Waals surface area contributed by atoms with Crippen molar-refractivity contribution in [3.63, 3.8) is 0 Å². The number of nitrogens with one attached hydrogen (secondary N) is 1. The van der Waals surface area contributed by atoms with E-state index in [-0.39, 0.29) is 24.2 Å². The van der Waals surface area contributed by atoms with E-state index in [9.17, 15) is 9.90 Å². The molecule has 1 amide bonds. The Labute approximate surface area is 122 Å². The Morgan fingerprint density at radius 2 is 1.85 bits per heavy atom. The molecule has 4 heteroatoms. The Balaban J connectivity index is 2.13. The van der Waals surface area contributed by atoms with Crippen molar-refractivity contribution >= 4 is 5.91 Å². The highest BCUT2D eigenvalue weighted by atomic mass is 16.3. The van der Waals surface area contributed by atoms with Crippen LogP contribution in [0.4, 0.5) is 0 Å². The number of hydrogen-bond donors (Lipinski definition) is 2. The van der Waals surface area contributed by atoms with Gasteiger partial charge in [-0.15, -0.1) is 0 Å². The van der Waals surface area contributed by atoms with Gasteiger partial charge >= 0.3 is 0 Å². The first-order valence-electron chi connectivity index (χ1n) is 8.22. The second-order valence-corrected chi connectivity index (χ2v) is 6.93. The molecule has 0 spiro atoms. The maximum atomic E-state index is 12.8. The fourth-order valence-corrected chi connectivity index (χ4v) is 3.53. The Bertz CT molecular complexity index is 337. The van der Waals surface area contributed by atoms with Crippen molar-refractivity contribution < 1.29 is 9.90 Å². The van der Waals surface area contributed by atoms with E-state index in [0.29, 0.717) is 17.9 Å². The molecule has 2 fully saturated rings. The molecule has 116 valence electrons. The van der Waals surface area contributed by atoms with Gasteiger partial charge in [0.25, 0.3) is 0 Å². The van der Waals surface area contributed by atoms with Crippen molar-refractivity contribution in [3.8, 4) is 0 Å². The third kappa shape index (κ3) is 3.01. The molecule has 0 radical (unpaired) electrons. The third-order valence-corrected chi connectivity index (χ3v) is 5.07. The van der Waals surface area contributed by atoms with Crippen LogP contribution in [0.15, 0.2) is 0 Å². The van der Waals surface area contributed by atoms with E-state index in [2.05, 4.69) is 37.9 Å². The zero-order valence-corrected chi connectivity index (χ0v) is 13.3. The van der Waals surface area contributed by atoms with E-state index in [1.807, 2.05) is 0 Å². The van der Waals surface area contributed by atoms with Gasteiger partial charge in [-0.05, 0) is 37.5 Å². The van der Waals surface area contributed by atoms with E-state index in [0.717, 1.165) is 32.1 Å². The van der Waals surface area contributed by atoms with Gasteiger partial charge in [-0.1, -0.05) is 34.1 Å². The molecule has 3 unspecified atom stereocenters. The standard InChI is InChI=1S/C16H30N2O2/c1-5-11(4)14-16(20)18(15(17-14)10(2)3)12-6-8-13(19)9-7-12/h10-15,17,19H,5-9H2,1-4H3. The summed E-state index contributed by atoms with van der Waals surface area (Å²) in [4.78, 5) is 14.9. The van der Waals surface area contributed by atoms with Crippen LogP contribution in [0.25, 0.3) is 0 Å². The highest BCUT2D eigenvalue weighted by Gasteiger charge is 2.45. The summed E-state index contributed by atoms with van der Waals surface area (Å²) in [6, 6.07) is 0.277. The number of aliphatic hydroxyl groups is 1. The molecule has 0 aromatic carbocycles. The molecule has 2 rings (SSSR count). The monoisotopic (exact) mass is 282 g/mol. The topological polar surface area (TPSA) is 52.6 Å². The van der Waals surface area contributed by atoms with Gasteiger partial charge in [-0.3, -0.25) is 10.1 Å². The Kier molecular flexibility index (Phi) is 5.08. The lowest BCUT2D eigenvalue weighted by molar-refractivity contribution is -0.134. The predicted octanol–water partition coefficient (Wildman–Crippen LogP) is 2.12. The molecule has 1 aliphatic heterocycles. The minimum absolute atomic E-state index is 0.0285. The SMILES string of the molecule is CCC(C)C1NC(C(C)C)N(C2CCC(O)CC2)C1=O. The maximum absolute atomic E-state index is 12.8. The molecule has 1 heterocycles. The first-order valence-corrected chi connectivity index (χ1v) is 8.22. The second kappa shape index (κ2) is 6.44.